The van der Waals surface area contributed by atoms with Crippen LogP contribution in [0.3, 0.4) is 0 Å². The van der Waals surface area contributed by atoms with Gasteiger partial charge in [-0.25, -0.2) is 10.4 Å². The summed E-state index contributed by atoms with van der Waals surface area (Å²) in [6, 6.07) is 13.9. The molecule has 6 heteroatoms. The molecule has 0 saturated carbocycles. The molecule has 3 aromatic rings. The van der Waals surface area contributed by atoms with Crippen molar-refractivity contribution in [3.8, 4) is 11.3 Å². The van der Waals surface area contributed by atoms with Gasteiger partial charge in [0.2, 0.25) is 0 Å². The molecule has 0 bridgehead atoms. The first kappa shape index (κ1) is 13.4. The Morgan fingerprint density at radius 1 is 1.14 bits per heavy atom. The summed E-state index contributed by atoms with van der Waals surface area (Å²) in [6.45, 7) is 2.06. The van der Waals surface area contributed by atoms with E-state index in [1.165, 1.54) is 4.88 Å². The first-order valence-electron chi connectivity index (χ1n) is 6.42. The lowest BCUT2D eigenvalue weighted by Gasteiger charge is -2.01. The van der Waals surface area contributed by atoms with Crippen molar-refractivity contribution in [3.05, 3.63) is 58.4 Å². The van der Waals surface area contributed by atoms with Gasteiger partial charge in [0.25, 0.3) is 5.95 Å². The van der Waals surface area contributed by atoms with Crippen molar-refractivity contribution in [2.24, 2.45) is 5.10 Å². The molecule has 2 heterocycles. The SMILES string of the molecule is Cc1ccc(C=NNc2nncc(-c3ccccc3)n2)s1. The van der Waals surface area contributed by atoms with E-state index in [9.17, 15) is 0 Å². The first-order chi connectivity index (χ1) is 10.3. The Hall–Kier alpha value is -2.60. The lowest BCUT2D eigenvalue weighted by Crippen LogP contribution is -1.99. The molecule has 0 amide bonds. The molecular formula is C15H13N5S. The van der Waals surface area contributed by atoms with Gasteiger partial charge < -0.3 is 0 Å². The maximum Gasteiger partial charge on any atom is 0.263 e. The van der Waals surface area contributed by atoms with Gasteiger partial charge in [-0.2, -0.15) is 10.2 Å². The normalized spacial score (nSPS) is 10.9. The van der Waals surface area contributed by atoms with Gasteiger partial charge in [-0.05, 0) is 19.1 Å². The van der Waals surface area contributed by atoms with E-state index >= 15 is 0 Å². The molecule has 0 aliphatic carbocycles. The number of hydrogen-bond donors (Lipinski definition) is 1. The van der Waals surface area contributed by atoms with Crippen LogP contribution in [0, 0.1) is 6.92 Å². The molecule has 0 radical (unpaired) electrons. The van der Waals surface area contributed by atoms with E-state index in [2.05, 4.69) is 38.7 Å². The van der Waals surface area contributed by atoms with E-state index in [4.69, 9.17) is 0 Å². The summed E-state index contributed by atoms with van der Waals surface area (Å²) in [6.07, 6.45) is 3.38. The van der Waals surface area contributed by atoms with E-state index < -0.39 is 0 Å². The molecule has 3 rings (SSSR count). The van der Waals surface area contributed by atoms with Crippen LogP contribution in [-0.2, 0) is 0 Å². The molecule has 0 atom stereocenters. The third-order valence-electron chi connectivity index (χ3n) is 2.75. The standard InChI is InChI=1S/C15H13N5S/c1-11-7-8-13(21-11)9-16-19-15-18-14(10-17-20-15)12-5-3-2-4-6-12/h2-10H,1H3,(H,18,19,20). The maximum absolute atomic E-state index is 4.38. The average Bonchev–Trinajstić information content (AvgIpc) is 2.94. The van der Waals surface area contributed by atoms with Crippen LogP contribution in [-0.4, -0.2) is 21.4 Å². The molecule has 104 valence electrons. The predicted molar refractivity (Wildman–Crippen MR) is 85.5 cm³/mol. The van der Waals surface area contributed by atoms with Gasteiger partial charge in [-0.15, -0.1) is 16.4 Å². The summed E-state index contributed by atoms with van der Waals surface area (Å²) < 4.78 is 0. The van der Waals surface area contributed by atoms with E-state index in [0.717, 1.165) is 16.1 Å². The second-order valence-electron chi connectivity index (χ2n) is 4.35. The minimum atomic E-state index is 0.376. The molecule has 0 aliphatic rings. The fourth-order valence-electron chi connectivity index (χ4n) is 1.78. The minimum Gasteiger partial charge on any atom is -0.244 e. The Morgan fingerprint density at radius 2 is 2.00 bits per heavy atom. The minimum absolute atomic E-state index is 0.376. The molecule has 5 nitrogen and oxygen atoms in total. The average molecular weight is 295 g/mol. The van der Waals surface area contributed by atoms with Crippen molar-refractivity contribution in [3.63, 3.8) is 0 Å². The number of hydrazone groups is 1. The number of benzene rings is 1. The highest BCUT2D eigenvalue weighted by molar-refractivity contribution is 7.13. The molecule has 0 saturated heterocycles. The molecule has 0 aliphatic heterocycles. The smallest absolute Gasteiger partial charge is 0.244 e. The summed E-state index contributed by atoms with van der Waals surface area (Å²) in [7, 11) is 0. The number of anilines is 1. The van der Waals surface area contributed by atoms with Crippen LogP contribution in [0.1, 0.15) is 9.75 Å². The lowest BCUT2D eigenvalue weighted by atomic mass is 10.2. The zero-order chi connectivity index (χ0) is 14.5. The summed E-state index contributed by atoms with van der Waals surface area (Å²) >= 11 is 1.68. The predicted octanol–water partition coefficient (Wildman–Crippen LogP) is 3.35. The highest BCUT2D eigenvalue weighted by atomic mass is 32.1. The molecular weight excluding hydrogens is 282 g/mol. The first-order valence-corrected chi connectivity index (χ1v) is 7.23. The van der Waals surface area contributed by atoms with Gasteiger partial charge in [0.1, 0.15) is 0 Å². The van der Waals surface area contributed by atoms with Gasteiger partial charge in [0.15, 0.2) is 0 Å². The van der Waals surface area contributed by atoms with E-state index in [-0.39, 0.29) is 0 Å². The van der Waals surface area contributed by atoms with Crippen molar-refractivity contribution in [1.82, 2.24) is 15.2 Å². The van der Waals surface area contributed by atoms with E-state index in [0.29, 0.717) is 5.95 Å². The van der Waals surface area contributed by atoms with Crippen LogP contribution in [0.5, 0.6) is 0 Å². The van der Waals surface area contributed by atoms with Crippen molar-refractivity contribution in [2.45, 2.75) is 6.92 Å². The summed E-state index contributed by atoms with van der Waals surface area (Å²) in [5.74, 6) is 0.376. The van der Waals surface area contributed by atoms with Crippen LogP contribution in [0.15, 0.2) is 53.8 Å². The molecule has 21 heavy (non-hydrogen) atoms. The fraction of sp³-hybridized carbons (Fsp3) is 0.0667. The zero-order valence-electron chi connectivity index (χ0n) is 11.4. The quantitative estimate of drug-likeness (QED) is 0.592. The number of nitrogens with one attached hydrogen (secondary N) is 1. The van der Waals surface area contributed by atoms with Crippen LogP contribution in [0.2, 0.25) is 0 Å². The number of nitrogens with zero attached hydrogens (tertiary/aromatic N) is 4. The van der Waals surface area contributed by atoms with Crippen LogP contribution in [0.25, 0.3) is 11.3 Å². The number of thiophene rings is 1. The summed E-state index contributed by atoms with van der Waals surface area (Å²) in [4.78, 5) is 6.71. The summed E-state index contributed by atoms with van der Waals surface area (Å²) in [5, 5.41) is 12.0. The third-order valence-corrected chi connectivity index (χ3v) is 3.68. The molecule has 1 N–H and O–H groups in total. The second kappa shape index (κ2) is 6.23. The second-order valence-corrected chi connectivity index (χ2v) is 5.67. The summed E-state index contributed by atoms with van der Waals surface area (Å²) in [5.41, 5.74) is 4.56. The topological polar surface area (TPSA) is 63.1 Å². The number of aromatic nitrogens is 3. The van der Waals surface area contributed by atoms with Gasteiger partial charge in [0.05, 0.1) is 18.1 Å². The Morgan fingerprint density at radius 3 is 2.76 bits per heavy atom. The number of hydrogen-bond acceptors (Lipinski definition) is 6. The zero-order valence-corrected chi connectivity index (χ0v) is 12.2. The number of aryl methyl sites for hydroxylation is 1. The Labute approximate surface area is 126 Å². The molecule has 2 aromatic heterocycles. The Bertz CT molecular complexity index is 752. The molecule has 1 aromatic carbocycles. The van der Waals surface area contributed by atoms with Gasteiger partial charge in [0, 0.05) is 15.3 Å². The van der Waals surface area contributed by atoms with Gasteiger partial charge >= 0.3 is 0 Å². The van der Waals surface area contributed by atoms with Gasteiger partial charge in [-0.1, -0.05) is 30.3 Å². The van der Waals surface area contributed by atoms with Crippen LogP contribution < -0.4 is 5.43 Å². The van der Waals surface area contributed by atoms with Crippen molar-refractivity contribution in [2.75, 3.05) is 5.43 Å². The monoisotopic (exact) mass is 295 g/mol. The highest BCUT2D eigenvalue weighted by Crippen LogP contribution is 2.16. The third kappa shape index (κ3) is 3.49. The molecule has 0 unspecified atom stereocenters. The van der Waals surface area contributed by atoms with E-state index in [1.54, 1.807) is 23.7 Å². The molecule has 0 spiro atoms. The van der Waals surface area contributed by atoms with Crippen LogP contribution in [0.4, 0.5) is 5.95 Å². The fourth-order valence-corrected chi connectivity index (χ4v) is 2.52. The molecule has 0 fully saturated rings. The largest absolute Gasteiger partial charge is 0.263 e. The lowest BCUT2D eigenvalue weighted by molar-refractivity contribution is 0.967. The highest BCUT2D eigenvalue weighted by Gasteiger charge is 2.01. The maximum atomic E-state index is 4.38. The van der Waals surface area contributed by atoms with E-state index in [1.807, 2.05) is 36.4 Å². The Kier molecular flexibility index (Phi) is 3.97. The van der Waals surface area contributed by atoms with Gasteiger partial charge in [-0.3, -0.25) is 0 Å². The van der Waals surface area contributed by atoms with Crippen molar-refractivity contribution >= 4 is 23.5 Å². The van der Waals surface area contributed by atoms with Crippen molar-refractivity contribution < 1.29 is 0 Å². The van der Waals surface area contributed by atoms with Crippen molar-refractivity contribution in [1.29, 1.82) is 0 Å². The van der Waals surface area contributed by atoms with Crippen LogP contribution >= 0.6 is 11.3 Å². The Balaban J connectivity index is 1.73. The number of rotatable bonds is 4.